The number of aliphatic carboxylic acids is 1. The molecular formula is C27H31Cl2F3N4O5. The average Bonchev–Trinajstić information content (AvgIpc) is 3.33. The Morgan fingerprint density at radius 1 is 1.07 bits per heavy atom. The number of ketones is 1. The molecule has 14 heteroatoms. The number of carbonyl (C=O) groups excluding carboxylic acids is 2. The van der Waals surface area contributed by atoms with Gasteiger partial charge in [0.15, 0.2) is 11.5 Å². The largest absolute Gasteiger partial charge is 0.481 e. The minimum atomic E-state index is -4.95. The lowest BCUT2D eigenvalue weighted by molar-refractivity contribution is -0.152. The van der Waals surface area contributed by atoms with E-state index in [1.807, 2.05) is 13.8 Å². The van der Waals surface area contributed by atoms with Crippen LogP contribution in [0, 0.1) is 5.41 Å². The van der Waals surface area contributed by atoms with Crippen LogP contribution in [0.1, 0.15) is 91.7 Å². The SMILES string of the molecule is CC1(C)CCC(N(CC(=O)c2c(Cl)cncc2Cl)C(=O)c2cnn([C@H]3CC[C@](C)(C(=O)O)CC3)c2C(F)(F)F)CO1. The van der Waals surface area contributed by atoms with Crippen LogP contribution in [0.5, 0.6) is 0 Å². The van der Waals surface area contributed by atoms with Gasteiger partial charge in [0.05, 0.1) is 63.6 Å². The van der Waals surface area contributed by atoms with Gasteiger partial charge in [0, 0.05) is 12.4 Å². The summed E-state index contributed by atoms with van der Waals surface area (Å²) in [5.74, 6) is -2.70. The van der Waals surface area contributed by atoms with E-state index >= 15 is 0 Å². The maximum atomic E-state index is 14.5. The zero-order valence-electron chi connectivity index (χ0n) is 22.8. The van der Waals surface area contributed by atoms with Crippen molar-refractivity contribution in [3.63, 3.8) is 0 Å². The molecule has 224 valence electrons. The summed E-state index contributed by atoms with van der Waals surface area (Å²) in [5, 5.41) is 13.4. The molecule has 2 fully saturated rings. The van der Waals surface area contributed by atoms with Crippen molar-refractivity contribution in [2.24, 2.45) is 5.41 Å². The lowest BCUT2D eigenvalue weighted by Crippen LogP contribution is -2.50. The van der Waals surface area contributed by atoms with Gasteiger partial charge in [-0.05, 0) is 59.3 Å². The summed E-state index contributed by atoms with van der Waals surface area (Å²) in [5.41, 5.74) is -3.56. The van der Waals surface area contributed by atoms with Crippen molar-refractivity contribution in [2.45, 2.75) is 83.2 Å². The van der Waals surface area contributed by atoms with Gasteiger partial charge in [-0.2, -0.15) is 18.3 Å². The monoisotopic (exact) mass is 618 g/mol. The third kappa shape index (κ3) is 6.54. The van der Waals surface area contributed by atoms with E-state index in [4.69, 9.17) is 27.9 Å². The molecule has 1 saturated heterocycles. The molecule has 0 spiro atoms. The topological polar surface area (TPSA) is 115 Å². The summed E-state index contributed by atoms with van der Waals surface area (Å²) >= 11 is 12.3. The first kappa shape index (κ1) is 31.2. The van der Waals surface area contributed by atoms with Gasteiger partial charge < -0.3 is 14.7 Å². The Hall–Kier alpha value is -2.70. The predicted molar refractivity (Wildman–Crippen MR) is 143 cm³/mol. The number of amides is 1. The number of Topliss-reactive ketones (excluding diaryl/α,β-unsaturated/α-hetero) is 1. The predicted octanol–water partition coefficient (Wildman–Crippen LogP) is 6.09. The molecule has 3 heterocycles. The molecule has 4 rings (SSSR count). The van der Waals surface area contributed by atoms with Crippen LogP contribution < -0.4 is 0 Å². The Bertz CT molecular complexity index is 1310. The highest BCUT2D eigenvalue weighted by molar-refractivity contribution is 6.39. The van der Waals surface area contributed by atoms with Crippen molar-refractivity contribution in [1.82, 2.24) is 19.7 Å². The van der Waals surface area contributed by atoms with Crippen LogP contribution in [0.3, 0.4) is 0 Å². The van der Waals surface area contributed by atoms with E-state index in [0.29, 0.717) is 12.8 Å². The van der Waals surface area contributed by atoms with Crippen molar-refractivity contribution >= 4 is 40.9 Å². The summed E-state index contributed by atoms with van der Waals surface area (Å²) in [4.78, 5) is 43.8. The fourth-order valence-electron chi connectivity index (χ4n) is 5.45. The number of alkyl halides is 3. The molecule has 1 N–H and O–H groups in total. The Labute approximate surface area is 244 Å². The second kappa shape index (κ2) is 11.5. The number of carbonyl (C=O) groups is 3. The molecule has 0 aromatic carbocycles. The standard InChI is InChI=1S/C27H31Cl2F3N4O5/c1-25(2)7-4-16(14-41-25)35(13-20(37)21-18(28)11-33-12-19(21)29)23(38)17-10-34-36(22(17)27(30,31)32)15-5-8-26(3,9-6-15)24(39)40/h10-12,15-16H,4-9,13-14H2,1-3H3,(H,39,40)/t15-,16?,26-. The number of pyridine rings is 1. The van der Waals surface area contributed by atoms with E-state index in [1.165, 1.54) is 12.4 Å². The maximum absolute atomic E-state index is 14.5. The third-order valence-corrected chi connectivity index (χ3v) is 8.68. The molecule has 1 aliphatic carbocycles. The van der Waals surface area contributed by atoms with E-state index in [1.54, 1.807) is 6.92 Å². The summed E-state index contributed by atoms with van der Waals surface area (Å²) in [6.45, 7) is 4.71. The summed E-state index contributed by atoms with van der Waals surface area (Å²) in [7, 11) is 0. The second-order valence-corrected chi connectivity index (χ2v) is 12.4. The minimum Gasteiger partial charge on any atom is -0.481 e. The number of hydrogen-bond donors (Lipinski definition) is 1. The van der Waals surface area contributed by atoms with Gasteiger partial charge in [0.25, 0.3) is 5.91 Å². The van der Waals surface area contributed by atoms with Gasteiger partial charge in [-0.25, -0.2) is 0 Å². The molecule has 41 heavy (non-hydrogen) atoms. The second-order valence-electron chi connectivity index (χ2n) is 11.5. The molecule has 1 amide bonds. The smallest absolute Gasteiger partial charge is 0.433 e. The fraction of sp³-hybridized carbons (Fsp3) is 0.593. The number of rotatable bonds is 7. The van der Waals surface area contributed by atoms with Gasteiger partial charge in [-0.3, -0.25) is 24.0 Å². The molecule has 2 aromatic heterocycles. The Morgan fingerprint density at radius 3 is 2.20 bits per heavy atom. The molecule has 1 saturated carbocycles. The zero-order chi connectivity index (χ0) is 30.3. The number of nitrogens with zero attached hydrogens (tertiary/aromatic N) is 4. The van der Waals surface area contributed by atoms with Crippen LogP contribution in [-0.2, 0) is 15.7 Å². The van der Waals surface area contributed by atoms with Crippen molar-refractivity contribution < 1.29 is 37.4 Å². The average molecular weight is 619 g/mol. The molecule has 2 aromatic rings. The first-order valence-electron chi connectivity index (χ1n) is 13.2. The Kier molecular flexibility index (Phi) is 8.78. The number of ether oxygens (including phenoxy) is 1. The van der Waals surface area contributed by atoms with Crippen LogP contribution in [0.2, 0.25) is 10.0 Å². The zero-order valence-corrected chi connectivity index (χ0v) is 24.3. The van der Waals surface area contributed by atoms with Crippen LogP contribution in [0.25, 0.3) is 0 Å². The first-order chi connectivity index (χ1) is 19.0. The highest BCUT2D eigenvalue weighted by atomic mass is 35.5. The molecule has 1 unspecified atom stereocenters. The lowest BCUT2D eigenvalue weighted by atomic mass is 9.74. The van der Waals surface area contributed by atoms with Crippen molar-refractivity contribution in [2.75, 3.05) is 13.2 Å². The number of hydrogen-bond acceptors (Lipinski definition) is 6. The maximum Gasteiger partial charge on any atom is 0.433 e. The molecule has 2 aliphatic rings. The first-order valence-corrected chi connectivity index (χ1v) is 13.9. The van der Waals surface area contributed by atoms with Crippen LogP contribution in [0.4, 0.5) is 13.2 Å². The van der Waals surface area contributed by atoms with Crippen molar-refractivity contribution in [3.8, 4) is 0 Å². The van der Waals surface area contributed by atoms with E-state index in [2.05, 4.69) is 10.1 Å². The normalized spacial score (nSPS) is 24.6. The molecule has 0 radical (unpaired) electrons. The number of carboxylic acid groups (broad SMARTS) is 1. The Balaban J connectivity index is 1.70. The summed E-state index contributed by atoms with van der Waals surface area (Å²) in [6.07, 6.45) is -0.150. The van der Waals surface area contributed by atoms with E-state index in [0.717, 1.165) is 15.8 Å². The van der Waals surface area contributed by atoms with E-state index in [9.17, 15) is 32.7 Å². The van der Waals surface area contributed by atoms with Crippen molar-refractivity contribution in [3.05, 3.63) is 45.5 Å². The number of aromatic nitrogens is 3. The summed E-state index contributed by atoms with van der Waals surface area (Å²) in [6, 6.07) is -1.45. The van der Waals surface area contributed by atoms with Crippen molar-refractivity contribution in [1.29, 1.82) is 0 Å². The lowest BCUT2D eigenvalue weighted by Gasteiger charge is -2.40. The fourth-order valence-corrected chi connectivity index (χ4v) is 6.02. The molecule has 1 aliphatic heterocycles. The van der Waals surface area contributed by atoms with Crippen LogP contribution in [-0.4, -0.2) is 67.2 Å². The Morgan fingerprint density at radius 2 is 1.68 bits per heavy atom. The van der Waals surface area contributed by atoms with Gasteiger partial charge in [0.2, 0.25) is 0 Å². The third-order valence-electron chi connectivity index (χ3n) is 8.11. The minimum absolute atomic E-state index is 0.00964. The van der Waals surface area contributed by atoms with Crippen LogP contribution >= 0.6 is 23.2 Å². The quantitative estimate of drug-likeness (QED) is 0.373. The molecule has 1 atom stereocenters. The summed E-state index contributed by atoms with van der Waals surface area (Å²) < 4.78 is 50.2. The molecule has 0 bridgehead atoms. The molecular weight excluding hydrogens is 588 g/mol. The molecule has 9 nitrogen and oxygen atoms in total. The highest BCUT2D eigenvalue weighted by Crippen LogP contribution is 2.43. The van der Waals surface area contributed by atoms with E-state index < -0.39 is 64.7 Å². The number of carboxylic acids is 1. The van der Waals surface area contributed by atoms with Gasteiger partial charge in [-0.15, -0.1) is 0 Å². The highest BCUT2D eigenvalue weighted by Gasteiger charge is 2.46. The number of halogens is 5. The van der Waals surface area contributed by atoms with E-state index in [-0.39, 0.29) is 47.9 Å². The van der Waals surface area contributed by atoms with Gasteiger partial charge >= 0.3 is 12.1 Å². The van der Waals surface area contributed by atoms with Gasteiger partial charge in [0.1, 0.15) is 0 Å². The van der Waals surface area contributed by atoms with Crippen LogP contribution in [0.15, 0.2) is 18.6 Å². The van der Waals surface area contributed by atoms with Gasteiger partial charge in [-0.1, -0.05) is 23.2 Å².